The van der Waals surface area contributed by atoms with Crippen LogP contribution >= 0.6 is 0 Å². The van der Waals surface area contributed by atoms with Crippen LogP contribution in [-0.4, -0.2) is 36.9 Å². The summed E-state index contributed by atoms with van der Waals surface area (Å²) in [6, 6.07) is 6.24. The average Bonchev–Trinajstić information content (AvgIpc) is 2.51. The van der Waals surface area contributed by atoms with Gasteiger partial charge in [-0.2, -0.15) is 0 Å². The number of carbonyl (C=O) groups excluding carboxylic acids is 1. The second-order valence-corrected chi connectivity index (χ2v) is 4.64. The topological polar surface area (TPSA) is 84.9 Å². The molecule has 0 aliphatic heterocycles. The highest BCUT2D eigenvalue weighted by Crippen LogP contribution is 2.13. The van der Waals surface area contributed by atoms with Gasteiger partial charge >= 0.3 is 5.97 Å². The maximum absolute atomic E-state index is 11.7. The van der Waals surface area contributed by atoms with Crippen molar-refractivity contribution in [2.24, 2.45) is 0 Å². The number of amides is 1. The molecule has 0 aliphatic rings. The number of hydrogen-bond donors (Lipinski definition) is 2. The molecule has 0 fully saturated rings. The minimum absolute atomic E-state index is 0.172. The van der Waals surface area contributed by atoms with Crippen LogP contribution < -0.4 is 10.1 Å². The highest BCUT2D eigenvalue weighted by atomic mass is 16.7. The summed E-state index contributed by atoms with van der Waals surface area (Å²) in [6.07, 6.45) is 4.02. The van der Waals surface area contributed by atoms with Crippen molar-refractivity contribution < 1.29 is 24.2 Å². The fourth-order valence-electron chi connectivity index (χ4n) is 1.74. The molecule has 1 amide bonds. The van der Waals surface area contributed by atoms with Crippen LogP contribution in [0, 0.1) is 0 Å². The van der Waals surface area contributed by atoms with E-state index in [9.17, 15) is 9.59 Å². The summed E-state index contributed by atoms with van der Waals surface area (Å²) in [7, 11) is 1.54. The first-order valence-corrected chi connectivity index (χ1v) is 7.00. The number of benzene rings is 1. The zero-order valence-electron chi connectivity index (χ0n) is 12.7. The molecule has 0 saturated carbocycles. The van der Waals surface area contributed by atoms with Crippen LogP contribution in [0.3, 0.4) is 0 Å². The van der Waals surface area contributed by atoms with E-state index in [1.165, 1.54) is 6.08 Å². The van der Waals surface area contributed by atoms with Crippen molar-refractivity contribution in [2.45, 2.75) is 25.8 Å². The molecule has 0 spiro atoms. The molecule has 0 aromatic heterocycles. The Morgan fingerprint density at radius 2 is 2.00 bits per heavy atom. The van der Waals surface area contributed by atoms with E-state index in [-0.39, 0.29) is 6.79 Å². The van der Waals surface area contributed by atoms with Crippen molar-refractivity contribution in [1.82, 2.24) is 5.32 Å². The van der Waals surface area contributed by atoms with E-state index >= 15 is 0 Å². The van der Waals surface area contributed by atoms with Gasteiger partial charge in [0.2, 0.25) is 5.91 Å². The number of hydrogen-bond acceptors (Lipinski definition) is 4. The molecule has 0 radical (unpaired) electrons. The standard InChI is InChI=1S/C16H21NO5/c1-3-4-14(16(19)20)17-15(18)10-7-12-5-8-13(9-6-12)22-11-21-2/h5-10,14H,3-4,11H2,1-2H3,(H,17,18)(H,19,20)/b10-7+. The van der Waals surface area contributed by atoms with E-state index in [0.717, 1.165) is 5.56 Å². The van der Waals surface area contributed by atoms with E-state index in [1.807, 2.05) is 6.92 Å². The number of rotatable bonds is 9. The van der Waals surface area contributed by atoms with Crippen LogP contribution in [0.4, 0.5) is 0 Å². The fraction of sp³-hybridized carbons (Fsp3) is 0.375. The summed E-state index contributed by atoms with van der Waals surface area (Å²) in [5.74, 6) is -0.791. The number of carboxylic acids is 1. The van der Waals surface area contributed by atoms with Gasteiger partial charge in [-0.3, -0.25) is 4.79 Å². The van der Waals surface area contributed by atoms with Crippen LogP contribution in [0.15, 0.2) is 30.3 Å². The lowest BCUT2D eigenvalue weighted by molar-refractivity contribution is -0.141. The summed E-state index contributed by atoms with van der Waals surface area (Å²) >= 11 is 0. The van der Waals surface area contributed by atoms with Crippen LogP contribution in [-0.2, 0) is 14.3 Å². The minimum atomic E-state index is -1.02. The van der Waals surface area contributed by atoms with Crippen molar-refractivity contribution in [3.8, 4) is 5.75 Å². The predicted octanol–water partition coefficient (Wildman–Crippen LogP) is 2.05. The second-order valence-electron chi connectivity index (χ2n) is 4.64. The first-order valence-electron chi connectivity index (χ1n) is 7.00. The van der Waals surface area contributed by atoms with Crippen LogP contribution in [0.25, 0.3) is 6.08 Å². The number of ether oxygens (including phenoxy) is 2. The monoisotopic (exact) mass is 307 g/mol. The lowest BCUT2D eigenvalue weighted by atomic mass is 10.1. The molecule has 1 rings (SSSR count). The van der Waals surface area contributed by atoms with Crippen molar-refractivity contribution in [2.75, 3.05) is 13.9 Å². The largest absolute Gasteiger partial charge is 0.480 e. The molecule has 0 aliphatic carbocycles. The highest BCUT2D eigenvalue weighted by Gasteiger charge is 2.17. The lowest BCUT2D eigenvalue weighted by Gasteiger charge is -2.11. The SMILES string of the molecule is CCCC(NC(=O)/C=C/c1ccc(OCOC)cc1)C(=O)O. The summed E-state index contributed by atoms with van der Waals surface area (Å²) in [5.41, 5.74) is 0.808. The Labute approximate surface area is 129 Å². The smallest absolute Gasteiger partial charge is 0.326 e. The number of nitrogens with one attached hydrogen (secondary N) is 1. The van der Waals surface area contributed by atoms with Crippen molar-refractivity contribution in [3.63, 3.8) is 0 Å². The number of aliphatic carboxylic acids is 1. The van der Waals surface area contributed by atoms with Crippen molar-refractivity contribution >= 4 is 18.0 Å². The van der Waals surface area contributed by atoms with Gasteiger partial charge in [-0.1, -0.05) is 25.5 Å². The number of carbonyl (C=O) groups is 2. The van der Waals surface area contributed by atoms with Crippen molar-refractivity contribution in [3.05, 3.63) is 35.9 Å². The van der Waals surface area contributed by atoms with Gasteiger partial charge in [0, 0.05) is 13.2 Å². The predicted molar refractivity (Wildman–Crippen MR) is 82.5 cm³/mol. The Balaban J connectivity index is 2.55. The zero-order valence-corrected chi connectivity index (χ0v) is 12.7. The van der Waals surface area contributed by atoms with Gasteiger partial charge in [0.1, 0.15) is 11.8 Å². The van der Waals surface area contributed by atoms with E-state index < -0.39 is 17.9 Å². The first kappa shape index (κ1) is 17.7. The average molecular weight is 307 g/mol. The van der Waals surface area contributed by atoms with Gasteiger partial charge in [-0.25, -0.2) is 4.79 Å². The summed E-state index contributed by atoms with van der Waals surface area (Å²) in [4.78, 5) is 22.7. The Hall–Kier alpha value is -2.34. The van der Waals surface area contributed by atoms with Crippen molar-refractivity contribution in [1.29, 1.82) is 0 Å². The molecule has 0 bridgehead atoms. The van der Waals surface area contributed by atoms with Gasteiger partial charge in [-0.15, -0.1) is 0 Å². The Morgan fingerprint density at radius 1 is 1.32 bits per heavy atom. The lowest BCUT2D eigenvalue weighted by Crippen LogP contribution is -2.39. The van der Waals surface area contributed by atoms with E-state index in [2.05, 4.69) is 5.32 Å². The van der Waals surface area contributed by atoms with Crippen LogP contribution in [0.5, 0.6) is 5.75 Å². The second kappa shape index (κ2) is 9.57. The molecule has 120 valence electrons. The summed E-state index contributed by atoms with van der Waals surface area (Å²) in [5, 5.41) is 11.4. The molecular weight excluding hydrogens is 286 g/mol. The fourth-order valence-corrected chi connectivity index (χ4v) is 1.74. The molecule has 0 saturated heterocycles. The zero-order chi connectivity index (χ0) is 16.4. The first-order chi connectivity index (χ1) is 10.6. The van der Waals surface area contributed by atoms with Gasteiger partial charge in [0.25, 0.3) is 0 Å². The van der Waals surface area contributed by atoms with E-state index in [1.54, 1.807) is 37.5 Å². The quantitative estimate of drug-likeness (QED) is 0.539. The maximum atomic E-state index is 11.7. The van der Waals surface area contributed by atoms with E-state index in [0.29, 0.717) is 18.6 Å². The number of carboxylic acid groups (broad SMARTS) is 1. The molecule has 1 aromatic rings. The molecule has 0 heterocycles. The summed E-state index contributed by atoms with van der Waals surface area (Å²) < 4.78 is 10.0. The molecule has 2 N–H and O–H groups in total. The molecule has 22 heavy (non-hydrogen) atoms. The Kier molecular flexibility index (Phi) is 7.70. The third kappa shape index (κ3) is 6.41. The Morgan fingerprint density at radius 3 is 2.55 bits per heavy atom. The summed E-state index contributed by atoms with van der Waals surface area (Å²) in [6.45, 7) is 2.04. The van der Waals surface area contributed by atoms with Gasteiger partial charge in [0.05, 0.1) is 0 Å². The Bertz CT molecular complexity index is 510. The number of methoxy groups -OCH3 is 1. The van der Waals surface area contributed by atoms with Gasteiger partial charge < -0.3 is 19.9 Å². The normalized spacial score (nSPS) is 12.1. The molecule has 1 atom stereocenters. The third-order valence-corrected chi connectivity index (χ3v) is 2.84. The van der Waals surface area contributed by atoms with Crippen LogP contribution in [0.2, 0.25) is 0 Å². The molecule has 6 heteroatoms. The molecule has 1 aromatic carbocycles. The van der Waals surface area contributed by atoms with Crippen LogP contribution in [0.1, 0.15) is 25.3 Å². The minimum Gasteiger partial charge on any atom is -0.480 e. The third-order valence-electron chi connectivity index (χ3n) is 2.84. The molecule has 1 unspecified atom stereocenters. The maximum Gasteiger partial charge on any atom is 0.326 e. The van der Waals surface area contributed by atoms with E-state index in [4.69, 9.17) is 14.6 Å². The van der Waals surface area contributed by atoms with Gasteiger partial charge in [-0.05, 0) is 30.2 Å². The molecule has 6 nitrogen and oxygen atoms in total. The van der Waals surface area contributed by atoms with Gasteiger partial charge in [0.15, 0.2) is 6.79 Å². The molecular formula is C16H21NO5. The highest BCUT2D eigenvalue weighted by molar-refractivity contribution is 5.94.